The van der Waals surface area contributed by atoms with Crippen molar-refractivity contribution < 1.29 is 19.6 Å². The molecule has 0 radical (unpaired) electrons. The maximum Gasteiger partial charge on any atom is 0.322 e. The predicted octanol–water partition coefficient (Wildman–Crippen LogP) is 0.256. The largest absolute Gasteiger partial charge is 0.480 e. The molecule has 1 aromatic heterocycles. The smallest absolute Gasteiger partial charge is 0.322 e. The van der Waals surface area contributed by atoms with E-state index in [2.05, 4.69) is 15.6 Å². The zero-order chi connectivity index (χ0) is 14.4. The molecule has 3 N–H and O–H groups in total. The second-order valence-corrected chi connectivity index (χ2v) is 3.71. The van der Waals surface area contributed by atoms with Crippen molar-refractivity contribution in [2.24, 2.45) is 0 Å². The molecule has 0 saturated carbocycles. The molecule has 0 aliphatic carbocycles. The van der Waals surface area contributed by atoms with Gasteiger partial charge in [0.15, 0.2) is 0 Å². The Morgan fingerprint density at radius 2 is 2.16 bits per heavy atom. The van der Waals surface area contributed by atoms with E-state index in [1.54, 1.807) is 0 Å². The van der Waals surface area contributed by atoms with Gasteiger partial charge in [0.05, 0.1) is 16.5 Å². The number of carboxylic acid groups (broad SMARTS) is 1. The lowest BCUT2D eigenvalue weighted by Gasteiger charge is -2.06. The minimum Gasteiger partial charge on any atom is -0.480 e. The normalized spacial score (nSPS) is 9.74. The summed E-state index contributed by atoms with van der Waals surface area (Å²) in [6, 6.07) is 1.09. The number of hydrogen-bond donors (Lipinski definition) is 3. The Morgan fingerprint density at radius 3 is 2.68 bits per heavy atom. The Labute approximate surface area is 111 Å². The van der Waals surface area contributed by atoms with Crippen LogP contribution in [0.1, 0.15) is 0 Å². The lowest BCUT2D eigenvalue weighted by molar-refractivity contribution is -0.385. The summed E-state index contributed by atoms with van der Waals surface area (Å²) in [4.78, 5) is 34.9. The van der Waals surface area contributed by atoms with Crippen LogP contribution in [0.2, 0.25) is 5.02 Å². The molecule has 19 heavy (non-hydrogen) atoms. The van der Waals surface area contributed by atoms with Crippen LogP contribution in [0.5, 0.6) is 0 Å². The van der Waals surface area contributed by atoms with E-state index in [0.29, 0.717) is 0 Å². The summed E-state index contributed by atoms with van der Waals surface area (Å²) < 4.78 is 0. The van der Waals surface area contributed by atoms with Crippen LogP contribution in [0.25, 0.3) is 0 Å². The minimum atomic E-state index is -1.17. The van der Waals surface area contributed by atoms with E-state index in [1.807, 2.05) is 0 Å². The van der Waals surface area contributed by atoms with Gasteiger partial charge in [-0.3, -0.25) is 19.7 Å². The van der Waals surface area contributed by atoms with Crippen LogP contribution in [-0.2, 0) is 9.59 Å². The molecule has 0 fully saturated rings. The lowest BCUT2D eigenvalue weighted by Crippen LogP contribution is -2.34. The van der Waals surface area contributed by atoms with Crippen molar-refractivity contribution >= 4 is 35.0 Å². The molecule has 0 aromatic carbocycles. The van der Waals surface area contributed by atoms with Crippen molar-refractivity contribution in [1.29, 1.82) is 0 Å². The van der Waals surface area contributed by atoms with Gasteiger partial charge in [0, 0.05) is 6.07 Å². The van der Waals surface area contributed by atoms with E-state index in [9.17, 15) is 19.7 Å². The number of nitrogens with zero attached hydrogens (tertiary/aromatic N) is 2. The lowest BCUT2D eigenvalue weighted by atomic mass is 10.4. The van der Waals surface area contributed by atoms with Gasteiger partial charge in [-0.15, -0.1) is 0 Å². The molecule has 1 rings (SSSR count). The Bertz CT molecular complexity index is 521. The summed E-state index contributed by atoms with van der Waals surface area (Å²) >= 11 is 5.73. The zero-order valence-electron chi connectivity index (χ0n) is 9.42. The van der Waals surface area contributed by atoms with Crippen LogP contribution in [0.3, 0.4) is 0 Å². The summed E-state index contributed by atoms with van der Waals surface area (Å²) in [5, 5.41) is 23.4. The first-order valence-electron chi connectivity index (χ1n) is 4.92. The summed E-state index contributed by atoms with van der Waals surface area (Å²) in [6.07, 6.45) is 0.989. The average molecular weight is 289 g/mol. The molecular weight excluding hydrogens is 280 g/mol. The molecule has 10 heteroatoms. The maximum absolute atomic E-state index is 11.2. The van der Waals surface area contributed by atoms with Crippen molar-refractivity contribution in [2.75, 3.05) is 18.4 Å². The van der Waals surface area contributed by atoms with Crippen LogP contribution in [0.15, 0.2) is 12.3 Å². The highest BCUT2D eigenvalue weighted by Crippen LogP contribution is 2.23. The number of anilines is 1. The van der Waals surface area contributed by atoms with Gasteiger partial charge >= 0.3 is 5.97 Å². The number of aliphatic carboxylic acids is 1. The van der Waals surface area contributed by atoms with Crippen molar-refractivity contribution in [3.63, 3.8) is 0 Å². The molecule has 9 nitrogen and oxygen atoms in total. The monoisotopic (exact) mass is 288 g/mol. The molecule has 0 atom stereocenters. The molecule has 0 saturated heterocycles. The van der Waals surface area contributed by atoms with Gasteiger partial charge < -0.3 is 15.7 Å². The second kappa shape index (κ2) is 6.50. The van der Waals surface area contributed by atoms with E-state index in [1.165, 1.54) is 0 Å². The van der Waals surface area contributed by atoms with Crippen LogP contribution in [0, 0.1) is 10.1 Å². The number of carbonyl (C=O) groups is 2. The fraction of sp³-hybridized carbons (Fsp3) is 0.222. The number of nitrogens with one attached hydrogen (secondary N) is 2. The molecule has 1 heterocycles. The van der Waals surface area contributed by atoms with Crippen LogP contribution < -0.4 is 10.6 Å². The Hall–Kier alpha value is -2.42. The van der Waals surface area contributed by atoms with Gasteiger partial charge in [-0.2, -0.15) is 0 Å². The molecule has 1 amide bonds. The van der Waals surface area contributed by atoms with E-state index in [-0.39, 0.29) is 23.1 Å². The number of nitro groups is 1. The summed E-state index contributed by atoms with van der Waals surface area (Å²) in [6.45, 7) is -0.750. The molecule has 0 aliphatic rings. The van der Waals surface area contributed by atoms with E-state index in [0.717, 1.165) is 12.3 Å². The number of hydrogen-bond acceptors (Lipinski definition) is 6. The van der Waals surface area contributed by atoms with Crippen LogP contribution in [-0.4, -0.2) is 40.0 Å². The second-order valence-electron chi connectivity index (χ2n) is 3.31. The van der Waals surface area contributed by atoms with E-state index >= 15 is 0 Å². The summed E-state index contributed by atoms with van der Waals surface area (Å²) in [7, 11) is 0. The third kappa shape index (κ3) is 4.76. The SMILES string of the molecule is O=C(O)CNC(=O)CNc1ncc([N+](=O)[O-])cc1Cl. The molecule has 0 aliphatic heterocycles. The molecule has 0 spiro atoms. The highest BCUT2D eigenvalue weighted by Gasteiger charge is 2.11. The number of aromatic nitrogens is 1. The highest BCUT2D eigenvalue weighted by atomic mass is 35.5. The number of pyridine rings is 1. The van der Waals surface area contributed by atoms with E-state index < -0.39 is 23.3 Å². The molecule has 1 aromatic rings. The topological polar surface area (TPSA) is 134 Å². The maximum atomic E-state index is 11.2. The standard InChI is InChI=1S/C9H9ClN4O5/c10-6-1-5(14(18)19)2-12-9(6)13-3-7(15)11-4-8(16)17/h1-2H,3-4H2,(H,11,15)(H,12,13)(H,16,17). The van der Waals surface area contributed by atoms with Gasteiger partial charge in [0.25, 0.3) is 5.69 Å². The number of amides is 1. The first-order valence-corrected chi connectivity index (χ1v) is 5.30. The third-order valence-corrected chi connectivity index (χ3v) is 2.18. The molecular formula is C9H9ClN4O5. The number of carbonyl (C=O) groups excluding carboxylic acids is 1. The Kier molecular flexibility index (Phi) is 5.01. The molecule has 0 bridgehead atoms. The van der Waals surface area contributed by atoms with Crippen molar-refractivity contribution in [3.8, 4) is 0 Å². The van der Waals surface area contributed by atoms with Gasteiger partial charge in [-0.25, -0.2) is 4.98 Å². The predicted molar refractivity (Wildman–Crippen MR) is 65.0 cm³/mol. The van der Waals surface area contributed by atoms with Crippen molar-refractivity contribution in [3.05, 3.63) is 27.4 Å². The first-order chi connectivity index (χ1) is 8.90. The Balaban J connectivity index is 2.56. The van der Waals surface area contributed by atoms with Crippen LogP contribution in [0.4, 0.5) is 11.5 Å². The fourth-order valence-corrected chi connectivity index (χ4v) is 1.29. The molecule has 0 unspecified atom stereocenters. The summed E-state index contributed by atoms with van der Waals surface area (Å²) in [5.74, 6) is -1.64. The first kappa shape index (κ1) is 14.6. The van der Waals surface area contributed by atoms with Crippen LogP contribution >= 0.6 is 11.6 Å². The van der Waals surface area contributed by atoms with Crippen molar-refractivity contribution in [1.82, 2.24) is 10.3 Å². The number of rotatable bonds is 6. The molecule has 102 valence electrons. The van der Waals surface area contributed by atoms with Gasteiger partial charge in [0.1, 0.15) is 18.6 Å². The van der Waals surface area contributed by atoms with E-state index in [4.69, 9.17) is 16.7 Å². The van der Waals surface area contributed by atoms with Gasteiger partial charge in [-0.05, 0) is 0 Å². The summed E-state index contributed by atoms with van der Waals surface area (Å²) in [5.41, 5.74) is -0.272. The Morgan fingerprint density at radius 1 is 1.47 bits per heavy atom. The van der Waals surface area contributed by atoms with Gasteiger partial charge in [-0.1, -0.05) is 11.6 Å². The minimum absolute atomic E-state index is 0.0137. The number of carboxylic acids is 1. The van der Waals surface area contributed by atoms with Crippen molar-refractivity contribution in [2.45, 2.75) is 0 Å². The van der Waals surface area contributed by atoms with Gasteiger partial charge in [0.2, 0.25) is 5.91 Å². The third-order valence-electron chi connectivity index (χ3n) is 1.89. The zero-order valence-corrected chi connectivity index (χ0v) is 10.2. The average Bonchev–Trinajstić information content (AvgIpc) is 2.34. The highest BCUT2D eigenvalue weighted by molar-refractivity contribution is 6.33. The quantitative estimate of drug-likeness (QED) is 0.504. The fourth-order valence-electron chi connectivity index (χ4n) is 1.06. The number of halogens is 1.